The predicted octanol–water partition coefficient (Wildman–Crippen LogP) is 3.22. The Labute approximate surface area is 105 Å². The number of carbonyl (C=O) groups is 1. The number of rotatable bonds is 4. The van der Waals surface area contributed by atoms with E-state index in [2.05, 4.69) is 0 Å². The Balaban J connectivity index is 2.07. The summed E-state index contributed by atoms with van der Waals surface area (Å²) in [6.45, 7) is 0. The maximum atomic E-state index is 13.2. The second-order valence-corrected chi connectivity index (χ2v) is 4.11. The lowest BCUT2D eigenvalue weighted by atomic mass is 10.0. The summed E-state index contributed by atoms with van der Waals surface area (Å²) in [7, 11) is 0. The third-order valence-electron chi connectivity index (χ3n) is 2.84. The fraction of sp³-hybridized carbons (Fsp3) is 0.133. The number of nitrogens with two attached hydrogens (primary N) is 1. The standard InChI is InChI=1S/C15H14FNO/c16-13-8-4-7-12(15(13)17)14(18)10-9-11-5-2-1-3-6-11/h1-8H,9-10,17H2. The molecule has 2 aromatic rings. The summed E-state index contributed by atoms with van der Waals surface area (Å²) < 4.78 is 13.2. The zero-order chi connectivity index (χ0) is 13.0. The van der Waals surface area contributed by atoms with Crippen LogP contribution in [0.5, 0.6) is 0 Å². The molecule has 0 saturated carbocycles. The molecular formula is C15H14FNO. The smallest absolute Gasteiger partial charge is 0.165 e. The Morgan fingerprint density at radius 3 is 2.50 bits per heavy atom. The highest BCUT2D eigenvalue weighted by Gasteiger charge is 2.12. The topological polar surface area (TPSA) is 43.1 Å². The molecule has 0 aliphatic heterocycles. The molecule has 0 fully saturated rings. The third kappa shape index (κ3) is 2.74. The van der Waals surface area contributed by atoms with Crippen LogP contribution in [0.25, 0.3) is 0 Å². The molecule has 0 heterocycles. The van der Waals surface area contributed by atoms with Gasteiger partial charge in [0.2, 0.25) is 0 Å². The molecule has 18 heavy (non-hydrogen) atoms. The zero-order valence-electron chi connectivity index (χ0n) is 9.90. The summed E-state index contributed by atoms with van der Waals surface area (Å²) in [5, 5.41) is 0. The van der Waals surface area contributed by atoms with Gasteiger partial charge in [0.05, 0.1) is 5.69 Å². The van der Waals surface area contributed by atoms with Crippen LogP contribution < -0.4 is 5.73 Å². The average Bonchev–Trinajstić information content (AvgIpc) is 2.40. The molecule has 0 spiro atoms. The Kier molecular flexibility index (Phi) is 3.72. The van der Waals surface area contributed by atoms with Gasteiger partial charge in [0.1, 0.15) is 5.82 Å². The van der Waals surface area contributed by atoms with Crippen LogP contribution in [0.4, 0.5) is 10.1 Å². The number of hydrogen-bond donors (Lipinski definition) is 1. The lowest BCUT2D eigenvalue weighted by molar-refractivity contribution is 0.0983. The first-order valence-electron chi connectivity index (χ1n) is 5.79. The van der Waals surface area contributed by atoms with E-state index in [9.17, 15) is 9.18 Å². The van der Waals surface area contributed by atoms with E-state index in [1.807, 2.05) is 30.3 Å². The molecule has 2 aromatic carbocycles. The number of carbonyl (C=O) groups excluding carboxylic acids is 1. The summed E-state index contributed by atoms with van der Waals surface area (Å²) in [5.41, 5.74) is 6.85. The summed E-state index contributed by atoms with van der Waals surface area (Å²) >= 11 is 0. The molecule has 0 amide bonds. The highest BCUT2D eigenvalue weighted by Crippen LogP contribution is 2.18. The van der Waals surface area contributed by atoms with E-state index in [1.165, 1.54) is 12.1 Å². The Bertz CT molecular complexity index is 552. The average molecular weight is 243 g/mol. The molecule has 0 atom stereocenters. The number of para-hydroxylation sites is 1. The van der Waals surface area contributed by atoms with Crippen molar-refractivity contribution in [3.63, 3.8) is 0 Å². The van der Waals surface area contributed by atoms with Crippen LogP contribution in [0.15, 0.2) is 48.5 Å². The zero-order valence-corrected chi connectivity index (χ0v) is 9.90. The molecule has 2 rings (SSSR count). The van der Waals surface area contributed by atoms with Crippen LogP contribution in [0, 0.1) is 5.82 Å². The monoisotopic (exact) mass is 243 g/mol. The first kappa shape index (κ1) is 12.3. The van der Waals surface area contributed by atoms with Crippen LogP contribution in [-0.4, -0.2) is 5.78 Å². The van der Waals surface area contributed by atoms with Gasteiger partial charge >= 0.3 is 0 Å². The van der Waals surface area contributed by atoms with Crippen molar-refractivity contribution in [2.24, 2.45) is 0 Å². The first-order valence-corrected chi connectivity index (χ1v) is 5.79. The minimum atomic E-state index is -0.541. The highest BCUT2D eigenvalue weighted by atomic mass is 19.1. The van der Waals surface area contributed by atoms with Crippen molar-refractivity contribution in [2.75, 3.05) is 5.73 Å². The Hall–Kier alpha value is -2.16. The molecule has 0 bridgehead atoms. The highest BCUT2D eigenvalue weighted by molar-refractivity contribution is 6.00. The number of hydrogen-bond acceptors (Lipinski definition) is 2. The number of ketones is 1. The molecule has 0 unspecified atom stereocenters. The van der Waals surface area contributed by atoms with Crippen molar-refractivity contribution in [3.8, 4) is 0 Å². The van der Waals surface area contributed by atoms with Crippen molar-refractivity contribution in [1.82, 2.24) is 0 Å². The molecule has 2 nitrogen and oxygen atoms in total. The summed E-state index contributed by atoms with van der Waals surface area (Å²) in [5.74, 6) is -0.670. The molecule has 0 aromatic heterocycles. The summed E-state index contributed by atoms with van der Waals surface area (Å²) in [6, 6.07) is 14.0. The van der Waals surface area contributed by atoms with E-state index in [1.54, 1.807) is 6.07 Å². The number of anilines is 1. The summed E-state index contributed by atoms with van der Waals surface area (Å²) in [6.07, 6.45) is 0.966. The van der Waals surface area contributed by atoms with Crippen LogP contribution >= 0.6 is 0 Å². The van der Waals surface area contributed by atoms with Gasteiger partial charge in [-0.2, -0.15) is 0 Å². The summed E-state index contributed by atoms with van der Waals surface area (Å²) in [4.78, 5) is 11.9. The third-order valence-corrected chi connectivity index (χ3v) is 2.84. The number of aryl methyl sites for hydroxylation is 1. The van der Waals surface area contributed by atoms with E-state index < -0.39 is 5.82 Å². The quantitative estimate of drug-likeness (QED) is 0.661. The maximum Gasteiger partial charge on any atom is 0.165 e. The molecule has 0 aliphatic carbocycles. The molecule has 0 aliphatic rings. The van der Waals surface area contributed by atoms with E-state index >= 15 is 0 Å². The molecule has 0 saturated heterocycles. The number of nitrogen functional groups attached to an aromatic ring is 1. The van der Waals surface area contributed by atoms with Crippen molar-refractivity contribution < 1.29 is 9.18 Å². The predicted molar refractivity (Wildman–Crippen MR) is 69.9 cm³/mol. The van der Waals surface area contributed by atoms with Crippen LogP contribution in [0.1, 0.15) is 22.3 Å². The van der Waals surface area contributed by atoms with E-state index in [0.29, 0.717) is 12.8 Å². The van der Waals surface area contributed by atoms with Gasteiger partial charge in [0.25, 0.3) is 0 Å². The van der Waals surface area contributed by atoms with E-state index in [0.717, 1.165) is 5.56 Å². The van der Waals surface area contributed by atoms with Gasteiger partial charge in [-0.3, -0.25) is 4.79 Å². The second-order valence-electron chi connectivity index (χ2n) is 4.11. The molecule has 3 heteroatoms. The van der Waals surface area contributed by atoms with Crippen LogP contribution in [0.2, 0.25) is 0 Å². The van der Waals surface area contributed by atoms with E-state index in [-0.39, 0.29) is 17.0 Å². The fourth-order valence-electron chi connectivity index (χ4n) is 1.82. The normalized spacial score (nSPS) is 10.3. The van der Waals surface area contributed by atoms with Crippen molar-refractivity contribution in [3.05, 3.63) is 65.5 Å². The number of benzene rings is 2. The van der Waals surface area contributed by atoms with Gasteiger partial charge < -0.3 is 5.73 Å². The van der Waals surface area contributed by atoms with Gasteiger partial charge in [-0.15, -0.1) is 0 Å². The molecule has 2 N–H and O–H groups in total. The van der Waals surface area contributed by atoms with Crippen molar-refractivity contribution in [1.29, 1.82) is 0 Å². The van der Waals surface area contributed by atoms with Gasteiger partial charge in [-0.1, -0.05) is 36.4 Å². The van der Waals surface area contributed by atoms with Gasteiger partial charge in [-0.25, -0.2) is 4.39 Å². The molecular weight excluding hydrogens is 229 g/mol. The first-order chi connectivity index (χ1) is 8.68. The van der Waals surface area contributed by atoms with Gasteiger partial charge in [0, 0.05) is 12.0 Å². The SMILES string of the molecule is Nc1c(F)cccc1C(=O)CCc1ccccc1. The van der Waals surface area contributed by atoms with E-state index in [4.69, 9.17) is 5.73 Å². The molecule has 92 valence electrons. The maximum absolute atomic E-state index is 13.2. The molecule has 0 radical (unpaired) electrons. The lowest BCUT2D eigenvalue weighted by Gasteiger charge is -2.05. The van der Waals surface area contributed by atoms with Crippen LogP contribution in [0.3, 0.4) is 0 Å². The van der Waals surface area contributed by atoms with Crippen molar-refractivity contribution in [2.45, 2.75) is 12.8 Å². The Morgan fingerprint density at radius 1 is 1.06 bits per heavy atom. The Morgan fingerprint density at radius 2 is 1.78 bits per heavy atom. The fourth-order valence-corrected chi connectivity index (χ4v) is 1.82. The van der Waals surface area contributed by atoms with Gasteiger partial charge in [-0.05, 0) is 24.1 Å². The van der Waals surface area contributed by atoms with Crippen LogP contribution in [-0.2, 0) is 6.42 Å². The second kappa shape index (κ2) is 5.45. The minimum absolute atomic E-state index is 0.0597. The van der Waals surface area contributed by atoms with Crippen molar-refractivity contribution >= 4 is 11.5 Å². The van der Waals surface area contributed by atoms with Gasteiger partial charge in [0.15, 0.2) is 5.78 Å². The number of halogens is 1. The minimum Gasteiger partial charge on any atom is -0.396 e. The number of Topliss-reactive ketones (excluding diaryl/α,β-unsaturated/α-hetero) is 1. The lowest BCUT2D eigenvalue weighted by Crippen LogP contribution is -2.06. The largest absolute Gasteiger partial charge is 0.396 e.